The number of aryl methyl sites for hydroxylation is 2. The van der Waals surface area contributed by atoms with Crippen molar-refractivity contribution in [3.63, 3.8) is 0 Å². The van der Waals surface area contributed by atoms with Crippen molar-refractivity contribution in [3.8, 4) is 11.5 Å². The van der Waals surface area contributed by atoms with Crippen molar-refractivity contribution in [1.29, 1.82) is 0 Å². The maximum absolute atomic E-state index is 12.9. The molecule has 2 aromatic rings. The van der Waals surface area contributed by atoms with Crippen LogP contribution in [0.25, 0.3) is 6.08 Å². The third-order valence-electron chi connectivity index (χ3n) is 4.19. The Morgan fingerprint density at radius 3 is 2.67 bits per heavy atom. The van der Waals surface area contributed by atoms with E-state index >= 15 is 0 Å². The second-order valence-electron chi connectivity index (χ2n) is 6.07. The van der Waals surface area contributed by atoms with Gasteiger partial charge in [-0.1, -0.05) is 41.6 Å². The molecular weight excluding hydrogens is 402 g/mol. The van der Waals surface area contributed by atoms with Crippen LogP contribution in [0.2, 0.25) is 5.02 Å². The number of carbonyl (C=O) groups excluding carboxylic acids is 1. The topological polar surface area (TPSA) is 49.8 Å². The first-order chi connectivity index (χ1) is 12.8. The van der Waals surface area contributed by atoms with Gasteiger partial charge in [0.15, 0.2) is 15.8 Å². The molecule has 0 atom stereocenters. The highest BCUT2D eigenvalue weighted by atomic mass is 35.5. The number of carbonyl (C=O) groups is 1. The van der Waals surface area contributed by atoms with Crippen LogP contribution >= 0.6 is 35.6 Å². The third kappa shape index (κ3) is 3.98. The molecule has 0 saturated carbocycles. The van der Waals surface area contributed by atoms with E-state index in [1.807, 2.05) is 39.0 Å². The predicted octanol–water partition coefficient (Wildman–Crippen LogP) is 5.47. The van der Waals surface area contributed by atoms with Crippen molar-refractivity contribution in [2.45, 2.75) is 20.8 Å². The summed E-state index contributed by atoms with van der Waals surface area (Å²) in [6.07, 6.45) is 1.70. The number of benzene rings is 2. The summed E-state index contributed by atoms with van der Waals surface area (Å²) < 4.78 is 5.87. The maximum atomic E-state index is 12.9. The minimum absolute atomic E-state index is 0.113. The van der Waals surface area contributed by atoms with Crippen LogP contribution in [-0.4, -0.2) is 21.9 Å². The normalized spacial score (nSPS) is 15.7. The van der Waals surface area contributed by atoms with E-state index in [1.165, 1.54) is 16.7 Å². The van der Waals surface area contributed by atoms with Crippen LogP contribution < -0.4 is 9.64 Å². The Hall–Kier alpha value is -2.02. The van der Waals surface area contributed by atoms with Crippen LogP contribution in [0.1, 0.15) is 23.6 Å². The third-order valence-corrected chi connectivity index (χ3v) is 5.78. The van der Waals surface area contributed by atoms with E-state index < -0.39 is 0 Å². The number of rotatable bonds is 4. The number of nitrogens with zero attached hydrogens (tertiary/aromatic N) is 1. The molecule has 0 aliphatic carbocycles. The molecular formula is C20H18ClNO3S2. The van der Waals surface area contributed by atoms with E-state index in [-0.39, 0.29) is 22.4 Å². The van der Waals surface area contributed by atoms with Gasteiger partial charge in [0.25, 0.3) is 5.91 Å². The highest BCUT2D eigenvalue weighted by molar-refractivity contribution is 8.27. The van der Waals surface area contributed by atoms with Crippen LogP contribution in [0.5, 0.6) is 11.5 Å². The Morgan fingerprint density at radius 2 is 2.00 bits per heavy atom. The van der Waals surface area contributed by atoms with Crippen molar-refractivity contribution < 1.29 is 14.6 Å². The Labute approximate surface area is 172 Å². The molecule has 1 saturated heterocycles. The van der Waals surface area contributed by atoms with E-state index in [4.69, 9.17) is 28.6 Å². The number of hydrogen-bond donors (Lipinski definition) is 1. The molecule has 0 aromatic heterocycles. The summed E-state index contributed by atoms with van der Waals surface area (Å²) >= 11 is 12.7. The monoisotopic (exact) mass is 419 g/mol. The molecule has 7 heteroatoms. The van der Waals surface area contributed by atoms with Crippen LogP contribution in [0.3, 0.4) is 0 Å². The number of phenols is 1. The van der Waals surface area contributed by atoms with Gasteiger partial charge in [0.2, 0.25) is 0 Å². The van der Waals surface area contributed by atoms with Gasteiger partial charge < -0.3 is 9.84 Å². The average Bonchev–Trinajstić information content (AvgIpc) is 2.89. The summed E-state index contributed by atoms with van der Waals surface area (Å²) in [7, 11) is 0. The summed E-state index contributed by atoms with van der Waals surface area (Å²) in [5.74, 6) is -0.0188. The average molecular weight is 420 g/mol. The maximum Gasteiger partial charge on any atom is 0.270 e. The SMILES string of the molecule is CCOc1cc(/C=C2\SC(=S)N(c3ccc(C)c(C)c3)C2=O)cc(Cl)c1O. The number of phenolic OH excluding ortho intramolecular Hbond substituents is 1. The van der Waals surface area contributed by atoms with E-state index in [9.17, 15) is 9.90 Å². The summed E-state index contributed by atoms with van der Waals surface area (Å²) in [4.78, 5) is 14.9. The van der Waals surface area contributed by atoms with Crippen molar-refractivity contribution in [3.05, 3.63) is 56.9 Å². The number of ether oxygens (including phenoxy) is 1. The number of aromatic hydroxyl groups is 1. The molecule has 140 valence electrons. The number of thiocarbonyl (C=S) groups is 1. The number of halogens is 1. The van der Waals surface area contributed by atoms with Gasteiger partial charge >= 0.3 is 0 Å². The van der Waals surface area contributed by atoms with Gasteiger partial charge in [-0.3, -0.25) is 9.69 Å². The lowest BCUT2D eigenvalue weighted by Gasteiger charge is -2.16. The standard InChI is InChI=1S/C20H18ClNO3S2/c1-4-25-16-9-13(8-15(21)18(16)23)10-17-19(24)22(20(26)27-17)14-6-5-11(2)12(3)7-14/h5-10,23H,4H2,1-3H3/b17-10-. The van der Waals surface area contributed by atoms with Gasteiger partial charge in [0.05, 0.1) is 22.2 Å². The molecule has 3 rings (SSSR count). The molecule has 0 bridgehead atoms. The van der Waals surface area contributed by atoms with Crippen molar-refractivity contribution in [2.75, 3.05) is 11.5 Å². The quantitative estimate of drug-likeness (QED) is 0.526. The van der Waals surface area contributed by atoms with Crippen LogP contribution in [0.4, 0.5) is 5.69 Å². The summed E-state index contributed by atoms with van der Waals surface area (Å²) in [6, 6.07) is 9.05. The second kappa shape index (κ2) is 7.92. The largest absolute Gasteiger partial charge is 0.503 e. The highest BCUT2D eigenvalue weighted by Gasteiger charge is 2.33. The molecule has 1 N–H and O–H groups in total. The second-order valence-corrected chi connectivity index (χ2v) is 8.15. The summed E-state index contributed by atoms with van der Waals surface area (Å²) in [6.45, 7) is 6.23. The molecule has 0 radical (unpaired) electrons. The molecule has 2 aromatic carbocycles. The fourth-order valence-corrected chi connectivity index (χ4v) is 4.17. The zero-order chi connectivity index (χ0) is 19.7. The van der Waals surface area contributed by atoms with Gasteiger partial charge in [-0.05, 0) is 67.8 Å². The zero-order valence-electron chi connectivity index (χ0n) is 15.1. The lowest BCUT2D eigenvalue weighted by Crippen LogP contribution is -2.27. The van der Waals surface area contributed by atoms with Crippen molar-refractivity contribution in [1.82, 2.24) is 0 Å². The van der Waals surface area contributed by atoms with Crippen molar-refractivity contribution in [2.24, 2.45) is 0 Å². The predicted molar refractivity (Wildman–Crippen MR) is 116 cm³/mol. The number of hydrogen-bond acceptors (Lipinski definition) is 5. The summed E-state index contributed by atoms with van der Waals surface area (Å²) in [5, 5.41) is 10.1. The van der Waals surface area contributed by atoms with Crippen LogP contribution in [0, 0.1) is 13.8 Å². The van der Waals surface area contributed by atoms with Gasteiger partial charge in [-0.25, -0.2) is 0 Å². The number of anilines is 1. The highest BCUT2D eigenvalue weighted by Crippen LogP contribution is 2.39. The van der Waals surface area contributed by atoms with E-state index in [0.717, 1.165) is 16.8 Å². The Morgan fingerprint density at radius 1 is 1.26 bits per heavy atom. The molecule has 1 amide bonds. The van der Waals surface area contributed by atoms with E-state index in [1.54, 1.807) is 18.2 Å². The Balaban J connectivity index is 1.96. The Kier molecular flexibility index (Phi) is 5.79. The smallest absolute Gasteiger partial charge is 0.270 e. The fourth-order valence-electron chi connectivity index (χ4n) is 2.65. The minimum Gasteiger partial charge on any atom is -0.503 e. The van der Waals surface area contributed by atoms with Gasteiger partial charge in [0.1, 0.15) is 0 Å². The zero-order valence-corrected chi connectivity index (χ0v) is 17.5. The molecule has 1 aliphatic rings. The molecule has 1 fully saturated rings. The van der Waals surface area contributed by atoms with Gasteiger partial charge in [-0.15, -0.1) is 0 Å². The molecule has 27 heavy (non-hydrogen) atoms. The van der Waals surface area contributed by atoms with Gasteiger partial charge in [0, 0.05) is 0 Å². The first-order valence-electron chi connectivity index (χ1n) is 8.32. The van der Waals surface area contributed by atoms with E-state index in [0.29, 0.717) is 21.4 Å². The fraction of sp³-hybridized carbons (Fsp3) is 0.200. The first-order valence-corrected chi connectivity index (χ1v) is 9.92. The molecule has 0 spiro atoms. The summed E-state index contributed by atoms with van der Waals surface area (Å²) in [5.41, 5.74) is 3.66. The lowest BCUT2D eigenvalue weighted by molar-refractivity contribution is -0.113. The van der Waals surface area contributed by atoms with Crippen molar-refractivity contribution >= 4 is 57.6 Å². The number of thioether (sulfide) groups is 1. The molecule has 0 unspecified atom stereocenters. The number of amides is 1. The minimum atomic E-state index is -0.185. The van der Waals surface area contributed by atoms with Gasteiger partial charge in [-0.2, -0.15) is 0 Å². The lowest BCUT2D eigenvalue weighted by atomic mass is 10.1. The molecule has 1 heterocycles. The van der Waals surface area contributed by atoms with Crippen LogP contribution in [-0.2, 0) is 4.79 Å². The molecule has 4 nitrogen and oxygen atoms in total. The van der Waals surface area contributed by atoms with E-state index in [2.05, 4.69) is 0 Å². The Bertz CT molecular complexity index is 972. The van der Waals surface area contributed by atoms with Crippen LogP contribution in [0.15, 0.2) is 35.2 Å². The molecule has 1 aliphatic heterocycles. The first kappa shape index (κ1) is 19.7.